The van der Waals surface area contributed by atoms with E-state index in [9.17, 15) is 4.79 Å². The van der Waals surface area contributed by atoms with E-state index in [1.807, 2.05) is 30.3 Å². The van der Waals surface area contributed by atoms with Crippen molar-refractivity contribution in [3.63, 3.8) is 0 Å². The highest BCUT2D eigenvalue weighted by Gasteiger charge is 2.18. The van der Waals surface area contributed by atoms with Gasteiger partial charge in [0.1, 0.15) is 10.7 Å². The molecule has 0 atom stereocenters. The molecule has 3 heterocycles. The normalized spacial score (nSPS) is 13.8. The number of thiazole rings is 1. The quantitative estimate of drug-likeness (QED) is 0.771. The van der Waals surface area contributed by atoms with Gasteiger partial charge in [-0.2, -0.15) is 0 Å². The molecular weight excluding hydrogens is 332 g/mol. The number of nitrogens with one attached hydrogen (secondary N) is 1. The van der Waals surface area contributed by atoms with Crippen molar-refractivity contribution in [1.29, 1.82) is 0 Å². The largest absolute Gasteiger partial charge is 0.370 e. The molecule has 1 aliphatic heterocycles. The van der Waals surface area contributed by atoms with Crippen LogP contribution in [0.15, 0.2) is 54.2 Å². The molecule has 6 heteroatoms. The lowest BCUT2D eigenvalue weighted by Crippen LogP contribution is -2.21. The summed E-state index contributed by atoms with van der Waals surface area (Å²) >= 11 is 1.46. The number of para-hydroxylation sites is 2. The summed E-state index contributed by atoms with van der Waals surface area (Å²) in [6.45, 7) is 2.07. The maximum atomic E-state index is 12.6. The van der Waals surface area contributed by atoms with Crippen molar-refractivity contribution in [3.8, 4) is 10.6 Å². The minimum atomic E-state index is -0.178. The Hall–Kier alpha value is -2.73. The predicted molar refractivity (Wildman–Crippen MR) is 101 cm³/mol. The van der Waals surface area contributed by atoms with Crippen molar-refractivity contribution < 1.29 is 4.79 Å². The van der Waals surface area contributed by atoms with Crippen LogP contribution in [0, 0.1) is 0 Å². The van der Waals surface area contributed by atoms with Crippen LogP contribution in [0.2, 0.25) is 0 Å². The number of rotatable bonds is 4. The highest BCUT2D eigenvalue weighted by Crippen LogP contribution is 2.29. The van der Waals surface area contributed by atoms with Crippen molar-refractivity contribution in [2.75, 3.05) is 23.3 Å². The molecule has 0 spiro atoms. The van der Waals surface area contributed by atoms with Gasteiger partial charge in [-0.3, -0.25) is 9.78 Å². The van der Waals surface area contributed by atoms with Crippen molar-refractivity contribution in [2.24, 2.45) is 0 Å². The molecule has 1 amide bonds. The van der Waals surface area contributed by atoms with Crippen LogP contribution in [-0.4, -0.2) is 29.0 Å². The molecular formula is C19H18N4OS. The zero-order chi connectivity index (χ0) is 17.1. The van der Waals surface area contributed by atoms with Crippen LogP contribution in [-0.2, 0) is 0 Å². The second-order valence-corrected chi connectivity index (χ2v) is 6.80. The Morgan fingerprint density at radius 3 is 2.64 bits per heavy atom. The van der Waals surface area contributed by atoms with Gasteiger partial charge in [0.2, 0.25) is 0 Å². The second kappa shape index (κ2) is 7.03. The lowest BCUT2D eigenvalue weighted by atomic mass is 10.2. The van der Waals surface area contributed by atoms with Gasteiger partial charge in [-0.15, -0.1) is 11.3 Å². The molecule has 1 fully saturated rings. The molecule has 0 radical (unpaired) electrons. The van der Waals surface area contributed by atoms with E-state index in [2.05, 4.69) is 26.3 Å². The first kappa shape index (κ1) is 15.8. The summed E-state index contributed by atoms with van der Waals surface area (Å²) < 4.78 is 0. The Morgan fingerprint density at radius 2 is 1.84 bits per heavy atom. The van der Waals surface area contributed by atoms with Gasteiger partial charge in [-0.05, 0) is 37.1 Å². The number of carbonyl (C=O) groups is 1. The van der Waals surface area contributed by atoms with Crippen molar-refractivity contribution >= 4 is 28.6 Å². The number of benzene rings is 1. The van der Waals surface area contributed by atoms with Gasteiger partial charge in [0.25, 0.3) is 5.91 Å². The Morgan fingerprint density at radius 1 is 1.08 bits per heavy atom. The highest BCUT2D eigenvalue weighted by atomic mass is 32.1. The van der Waals surface area contributed by atoms with Gasteiger partial charge in [-0.25, -0.2) is 4.98 Å². The molecule has 1 aliphatic rings. The van der Waals surface area contributed by atoms with Gasteiger partial charge in [0.15, 0.2) is 0 Å². The summed E-state index contributed by atoms with van der Waals surface area (Å²) in [5.41, 5.74) is 3.33. The van der Waals surface area contributed by atoms with Crippen LogP contribution >= 0.6 is 11.3 Å². The lowest BCUT2D eigenvalue weighted by molar-refractivity contribution is 0.102. The van der Waals surface area contributed by atoms with Crippen molar-refractivity contribution in [2.45, 2.75) is 12.8 Å². The minimum absolute atomic E-state index is 0.178. The number of hydrogen-bond acceptors (Lipinski definition) is 5. The smallest absolute Gasteiger partial charge is 0.275 e. The molecule has 1 aromatic carbocycles. The number of nitrogens with zero attached hydrogens (tertiary/aromatic N) is 3. The summed E-state index contributed by atoms with van der Waals surface area (Å²) in [6, 6.07) is 11.7. The zero-order valence-electron chi connectivity index (χ0n) is 13.7. The third kappa shape index (κ3) is 3.39. The van der Waals surface area contributed by atoms with E-state index in [1.54, 1.807) is 17.8 Å². The summed E-state index contributed by atoms with van der Waals surface area (Å²) in [4.78, 5) is 23.4. The second-order valence-electron chi connectivity index (χ2n) is 5.94. The van der Waals surface area contributed by atoms with Crippen LogP contribution in [0.3, 0.4) is 0 Å². The van der Waals surface area contributed by atoms with Gasteiger partial charge in [-0.1, -0.05) is 12.1 Å². The summed E-state index contributed by atoms with van der Waals surface area (Å²) in [6.07, 6.45) is 5.85. The van der Waals surface area contributed by atoms with E-state index in [-0.39, 0.29) is 5.91 Å². The Bertz CT molecular complexity index is 872. The van der Waals surface area contributed by atoms with Crippen molar-refractivity contribution in [1.82, 2.24) is 9.97 Å². The first-order valence-corrected chi connectivity index (χ1v) is 9.20. The summed E-state index contributed by atoms with van der Waals surface area (Å²) in [5.74, 6) is -0.178. The third-order valence-electron chi connectivity index (χ3n) is 4.26. The molecule has 0 bridgehead atoms. The summed E-state index contributed by atoms with van der Waals surface area (Å²) in [7, 11) is 0. The first-order valence-electron chi connectivity index (χ1n) is 8.32. The van der Waals surface area contributed by atoms with Crippen LogP contribution in [0.1, 0.15) is 23.3 Å². The Kier molecular flexibility index (Phi) is 4.43. The zero-order valence-corrected chi connectivity index (χ0v) is 14.5. The van der Waals surface area contributed by atoms with Crippen LogP contribution < -0.4 is 10.2 Å². The number of carbonyl (C=O) groups excluding carboxylic acids is 1. The summed E-state index contributed by atoms with van der Waals surface area (Å²) in [5, 5.41) is 5.63. The molecule has 0 saturated carbocycles. The molecule has 4 rings (SSSR count). The van der Waals surface area contributed by atoms with E-state index in [1.165, 1.54) is 24.2 Å². The minimum Gasteiger partial charge on any atom is -0.370 e. The van der Waals surface area contributed by atoms with E-state index in [0.717, 1.165) is 35.0 Å². The van der Waals surface area contributed by atoms with Gasteiger partial charge >= 0.3 is 0 Å². The standard InChI is InChI=1S/C19H18N4OS/c24-18(16-13-25-19(22-16)14-7-9-20-10-8-14)21-15-5-1-2-6-17(15)23-11-3-4-12-23/h1-2,5-10,13H,3-4,11-12H2,(H,21,24). The highest BCUT2D eigenvalue weighted by molar-refractivity contribution is 7.13. The monoisotopic (exact) mass is 350 g/mol. The average molecular weight is 350 g/mol. The molecule has 25 heavy (non-hydrogen) atoms. The fraction of sp³-hybridized carbons (Fsp3) is 0.211. The van der Waals surface area contributed by atoms with E-state index >= 15 is 0 Å². The average Bonchev–Trinajstić information content (AvgIpc) is 3.35. The number of pyridine rings is 1. The fourth-order valence-electron chi connectivity index (χ4n) is 3.00. The number of amides is 1. The molecule has 126 valence electrons. The van der Waals surface area contributed by atoms with Crippen LogP contribution in [0.4, 0.5) is 11.4 Å². The van der Waals surface area contributed by atoms with Crippen LogP contribution in [0.5, 0.6) is 0 Å². The van der Waals surface area contributed by atoms with Gasteiger partial charge in [0, 0.05) is 36.4 Å². The Balaban J connectivity index is 1.54. The molecule has 1 saturated heterocycles. The Labute approximate surface area is 150 Å². The SMILES string of the molecule is O=C(Nc1ccccc1N1CCCC1)c1csc(-c2ccncc2)n1. The molecule has 0 aliphatic carbocycles. The molecule has 1 N–H and O–H groups in total. The number of hydrogen-bond donors (Lipinski definition) is 1. The molecule has 5 nitrogen and oxygen atoms in total. The molecule has 3 aromatic rings. The maximum Gasteiger partial charge on any atom is 0.275 e. The number of aromatic nitrogens is 2. The predicted octanol–water partition coefficient (Wildman–Crippen LogP) is 4.06. The van der Waals surface area contributed by atoms with Crippen molar-refractivity contribution in [3.05, 3.63) is 59.9 Å². The van der Waals surface area contributed by atoms with E-state index < -0.39 is 0 Å². The third-order valence-corrected chi connectivity index (χ3v) is 5.15. The lowest BCUT2D eigenvalue weighted by Gasteiger charge is -2.21. The van der Waals surface area contributed by atoms with Gasteiger partial charge in [0.05, 0.1) is 11.4 Å². The maximum absolute atomic E-state index is 12.6. The van der Waals surface area contributed by atoms with Gasteiger partial charge < -0.3 is 10.2 Å². The fourth-order valence-corrected chi connectivity index (χ4v) is 3.81. The van der Waals surface area contributed by atoms with Crippen LogP contribution in [0.25, 0.3) is 10.6 Å². The topological polar surface area (TPSA) is 58.1 Å². The molecule has 0 unspecified atom stereocenters. The molecule has 2 aromatic heterocycles. The number of anilines is 2. The van der Waals surface area contributed by atoms with E-state index in [0.29, 0.717) is 5.69 Å². The first-order chi connectivity index (χ1) is 12.3. The van der Waals surface area contributed by atoms with E-state index in [4.69, 9.17) is 0 Å².